The Bertz CT molecular complexity index is 427. The van der Waals surface area contributed by atoms with Gasteiger partial charge in [0.05, 0.1) is 6.10 Å². The molecule has 3 unspecified atom stereocenters. The van der Waals surface area contributed by atoms with E-state index in [1.165, 1.54) is 32.1 Å². The van der Waals surface area contributed by atoms with Crippen LogP contribution in [-0.2, 0) is 9.47 Å². The maximum absolute atomic E-state index is 6.08. The highest BCUT2D eigenvalue weighted by Crippen LogP contribution is 2.60. The Labute approximate surface area is 170 Å². The zero-order valence-corrected chi connectivity index (χ0v) is 18.2. The van der Waals surface area contributed by atoms with Gasteiger partial charge in [-0.05, 0) is 46.0 Å². The highest BCUT2D eigenvalue weighted by Gasteiger charge is 2.65. The predicted octanol–water partition coefficient (Wildman–Crippen LogP) is 3.32. The van der Waals surface area contributed by atoms with E-state index in [1.807, 2.05) is 6.92 Å². The van der Waals surface area contributed by atoms with Crippen LogP contribution in [0.5, 0.6) is 0 Å². The normalized spacial score (nSPS) is 29.8. The second kappa shape index (κ2) is 10.3. The first kappa shape index (κ1) is 21.2. The molecule has 2 N–H and O–H groups in total. The maximum Gasteiger partial charge on any atom is 0.191 e. The van der Waals surface area contributed by atoms with Crippen molar-refractivity contribution in [2.45, 2.75) is 70.9 Å². The third-order valence-electron chi connectivity index (χ3n) is 6.09. The summed E-state index contributed by atoms with van der Waals surface area (Å²) in [5, 5.41) is 7.23. The molecular formula is C19H36IN3O2. The van der Waals surface area contributed by atoms with Gasteiger partial charge >= 0.3 is 0 Å². The lowest BCUT2D eigenvalue weighted by atomic mass is 9.54. The average molecular weight is 465 g/mol. The molecule has 0 amide bonds. The van der Waals surface area contributed by atoms with Crippen LogP contribution < -0.4 is 10.6 Å². The van der Waals surface area contributed by atoms with Crippen molar-refractivity contribution in [3.05, 3.63) is 0 Å². The van der Waals surface area contributed by atoms with Gasteiger partial charge in [0, 0.05) is 50.3 Å². The van der Waals surface area contributed by atoms with Crippen molar-refractivity contribution in [2.24, 2.45) is 16.3 Å². The van der Waals surface area contributed by atoms with Gasteiger partial charge in [-0.1, -0.05) is 12.8 Å². The van der Waals surface area contributed by atoms with E-state index in [-0.39, 0.29) is 24.0 Å². The van der Waals surface area contributed by atoms with Gasteiger partial charge in [-0.15, -0.1) is 24.0 Å². The number of nitrogens with one attached hydrogen (secondary N) is 2. The van der Waals surface area contributed by atoms with Gasteiger partial charge in [0.1, 0.15) is 0 Å². The van der Waals surface area contributed by atoms with Gasteiger partial charge in [-0.25, -0.2) is 0 Å². The fourth-order valence-corrected chi connectivity index (χ4v) is 5.02. The fourth-order valence-electron chi connectivity index (χ4n) is 5.02. The lowest BCUT2D eigenvalue weighted by Crippen LogP contribution is -2.69. The largest absolute Gasteiger partial charge is 0.382 e. The molecule has 25 heavy (non-hydrogen) atoms. The molecule has 146 valence electrons. The van der Waals surface area contributed by atoms with Crippen LogP contribution in [0, 0.1) is 11.3 Å². The van der Waals surface area contributed by atoms with E-state index < -0.39 is 0 Å². The number of hydrogen-bond acceptors (Lipinski definition) is 3. The van der Waals surface area contributed by atoms with Crippen molar-refractivity contribution in [3.8, 4) is 0 Å². The van der Waals surface area contributed by atoms with Gasteiger partial charge in [0.25, 0.3) is 0 Å². The standard InChI is InChI=1S/C19H35N3O2.HI/c1-3-20-18(21-12-7-8-13-23-4-2)22-16-15-9-14-24-17(15)19(16)10-5-6-11-19;/h15-17H,3-14H2,1-2H3,(H2,20,21,22);1H. The molecule has 3 fully saturated rings. The molecule has 3 atom stereocenters. The minimum atomic E-state index is 0. The highest BCUT2D eigenvalue weighted by atomic mass is 127. The predicted molar refractivity (Wildman–Crippen MR) is 113 cm³/mol. The Morgan fingerprint density at radius 1 is 1.24 bits per heavy atom. The van der Waals surface area contributed by atoms with Crippen LogP contribution in [0.3, 0.4) is 0 Å². The van der Waals surface area contributed by atoms with Crippen molar-refractivity contribution in [3.63, 3.8) is 0 Å². The van der Waals surface area contributed by atoms with E-state index in [1.54, 1.807) is 0 Å². The van der Waals surface area contributed by atoms with Gasteiger partial charge in [0.2, 0.25) is 0 Å². The van der Waals surface area contributed by atoms with Gasteiger partial charge in [-0.3, -0.25) is 4.99 Å². The first-order chi connectivity index (χ1) is 11.8. The van der Waals surface area contributed by atoms with Crippen molar-refractivity contribution in [2.75, 3.05) is 32.9 Å². The van der Waals surface area contributed by atoms with Crippen LogP contribution in [-0.4, -0.2) is 51.0 Å². The van der Waals surface area contributed by atoms with Crippen LogP contribution in [0.4, 0.5) is 0 Å². The number of hydrogen-bond donors (Lipinski definition) is 2. The number of unbranched alkanes of at least 4 members (excludes halogenated alkanes) is 1. The van der Waals surface area contributed by atoms with Crippen molar-refractivity contribution < 1.29 is 9.47 Å². The Morgan fingerprint density at radius 3 is 2.76 bits per heavy atom. The third kappa shape index (κ3) is 4.61. The highest BCUT2D eigenvalue weighted by molar-refractivity contribution is 14.0. The zero-order valence-electron chi connectivity index (χ0n) is 15.9. The number of ether oxygens (including phenoxy) is 2. The number of guanidine groups is 1. The molecule has 0 aromatic rings. The van der Waals surface area contributed by atoms with Crippen molar-refractivity contribution in [1.29, 1.82) is 0 Å². The van der Waals surface area contributed by atoms with E-state index >= 15 is 0 Å². The number of fused-ring (bicyclic) bond motifs is 2. The number of nitrogens with zero attached hydrogens (tertiary/aromatic N) is 1. The minimum Gasteiger partial charge on any atom is -0.382 e. The molecule has 5 nitrogen and oxygen atoms in total. The molecule has 3 rings (SSSR count). The molecule has 1 saturated heterocycles. The topological polar surface area (TPSA) is 54.9 Å². The Morgan fingerprint density at radius 2 is 2.04 bits per heavy atom. The summed E-state index contributed by atoms with van der Waals surface area (Å²) in [7, 11) is 0. The summed E-state index contributed by atoms with van der Waals surface area (Å²) in [6.07, 6.45) is 9.24. The third-order valence-corrected chi connectivity index (χ3v) is 6.09. The molecule has 1 spiro atoms. The molecule has 1 aliphatic heterocycles. The van der Waals surface area contributed by atoms with Crippen LogP contribution in [0.15, 0.2) is 4.99 Å². The van der Waals surface area contributed by atoms with Crippen LogP contribution >= 0.6 is 24.0 Å². The van der Waals surface area contributed by atoms with E-state index in [0.717, 1.165) is 51.7 Å². The lowest BCUT2D eigenvalue weighted by Gasteiger charge is -2.57. The molecule has 3 aliphatic rings. The Balaban J connectivity index is 0.00000225. The summed E-state index contributed by atoms with van der Waals surface area (Å²) in [5.41, 5.74) is 0.381. The molecule has 2 saturated carbocycles. The summed E-state index contributed by atoms with van der Waals surface area (Å²) in [5.74, 6) is 1.68. The Kier molecular flexibility index (Phi) is 8.75. The monoisotopic (exact) mass is 465 g/mol. The van der Waals surface area contributed by atoms with Gasteiger partial charge in [0.15, 0.2) is 5.96 Å². The molecule has 0 aromatic carbocycles. The first-order valence-electron chi connectivity index (χ1n) is 10.1. The van der Waals surface area contributed by atoms with Gasteiger partial charge in [-0.2, -0.15) is 0 Å². The summed E-state index contributed by atoms with van der Waals surface area (Å²) in [6, 6.07) is 0.550. The minimum absolute atomic E-state index is 0. The number of halogens is 1. The SMILES string of the molecule is CCNC(=NCCCCOCC)NC1C2CCOC2C12CCCC2.I. The molecule has 0 radical (unpaired) electrons. The molecule has 0 aromatic heterocycles. The summed E-state index contributed by atoms with van der Waals surface area (Å²) >= 11 is 0. The van der Waals surface area contributed by atoms with E-state index in [4.69, 9.17) is 14.5 Å². The van der Waals surface area contributed by atoms with Crippen LogP contribution in [0.2, 0.25) is 0 Å². The fraction of sp³-hybridized carbons (Fsp3) is 0.947. The molecule has 6 heteroatoms. The van der Waals surface area contributed by atoms with Gasteiger partial charge < -0.3 is 20.1 Å². The Hall–Kier alpha value is -0.0800. The summed E-state index contributed by atoms with van der Waals surface area (Å²) < 4.78 is 11.5. The molecule has 1 heterocycles. The smallest absolute Gasteiger partial charge is 0.191 e. The van der Waals surface area contributed by atoms with Crippen molar-refractivity contribution in [1.82, 2.24) is 10.6 Å². The molecule has 2 aliphatic carbocycles. The second-order valence-corrected chi connectivity index (χ2v) is 7.47. The van der Waals surface area contributed by atoms with Crippen LogP contribution in [0.1, 0.15) is 58.8 Å². The summed E-state index contributed by atoms with van der Waals surface area (Å²) in [4.78, 5) is 4.80. The van der Waals surface area contributed by atoms with Crippen molar-refractivity contribution >= 4 is 29.9 Å². The quantitative estimate of drug-likeness (QED) is 0.250. The summed E-state index contributed by atoms with van der Waals surface area (Å²) in [6.45, 7) is 8.57. The van der Waals surface area contributed by atoms with Crippen LogP contribution in [0.25, 0.3) is 0 Å². The number of aliphatic imine (C=N–C) groups is 1. The number of rotatable bonds is 8. The lowest BCUT2D eigenvalue weighted by molar-refractivity contribution is -0.125. The van der Waals surface area contributed by atoms with E-state index in [2.05, 4.69) is 17.6 Å². The molecule has 0 bridgehead atoms. The second-order valence-electron chi connectivity index (χ2n) is 7.47. The average Bonchev–Trinajstić information content (AvgIpc) is 3.24. The first-order valence-corrected chi connectivity index (χ1v) is 10.1. The zero-order chi connectivity index (χ0) is 16.8. The van der Waals surface area contributed by atoms with E-state index in [9.17, 15) is 0 Å². The molecular weight excluding hydrogens is 429 g/mol. The maximum atomic E-state index is 6.08. The van der Waals surface area contributed by atoms with E-state index in [0.29, 0.717) is 23.5 Å².